The Labute approximate surface area is 123 Å². The van der Waals surface area contributed by atoms with Gasteiger partial charge in [-0.1, -0.05) is 42.5 Å². The van der Waals surface area contributed by atoms with Gasteiger partial charge in [0, 0.05) is 16.2 Å². The molecular weight excluding hydrogens is 260 g/mol. The van der Waals surface area contributed by atoms with E-state index in [1.54, 1.807) is 0 Å². The molecule has 0 unspecified atom stereocenters. The van der Waals surface area contributed by atoms with E-state index < -0.39 is 0 Å². The third kappa shape index (κ3) is 1.99. The Morgan fingerprint density at radius 3 is 2.60 bits per heavy atom. The molecule has 20 heavy (non-hydrogen) atoms. The maximum absolute atomic E-state index is 2.39. The topological polar surface area (TPSA) is 0 Å². The molecular formula is C19H16S. The molecule has 1 aliphatic rings. The van der Waals surface area contributed by atoms with Gasteiger partial charge in [0.25, 0.3) is 0 Å². The normalized spacial score (nSPS) is 12.2. The summed E-state index contributed by atoms with van der Waals surface area (Å²) in [5, 5.41) is 0. The molecule has 0 radical (unpaired) electrons. The molecule has 4 rings (SSSR count). The van der Waals surface area contributed by atoms with Crippen molar-refractivity contribution in [3.63, 3.8) is 0 Å². The van der Waals surface area contributed by atoms with Crippen LogP contribution in [0.2, 0.25) is 0 Å². The zero-order chi connectivity index (χ0) is 13.5. The molecule has 0 nitrogen and oxygen atoms in total. The molecule has 1 heterocycles. The van der Waals surface area contributed by atoms with Gasteiger partial charge in [0.05, 0.1) is 0 Å². The Morgan fingerprint density at radius 1 is 0.900 bits per heavy atom. The molecule has 0 fully saturated rings. The van der Waals surface area contributed by atoms with Crippen molar-refractivity contribution in [2.45, 2.75) is 19.8 Å². The van der Waals surface area contributed by atoms with E-state index in [1.165, 1.54) is 37.6 Å². The fraction of sp³-hybridized carbons (Fsp3) is 0.158. The number of hydrogen-bond acceptors (Lipinski definition) is 1. The second-order valence-corrected chi connectivity index (χ2v) is 6.89. The number of hydrogen-bond donors (Lipinski definition) is 0. The first kappa shape index (κ1) is 11.9. The van der Waals surface area contributed by atoms with Gasteiger partial charge in [0.2, 0.25) is 0 Å². The van der Waals surface area contributed by atoms with Gasteiger partial charge in [-0.2, -0.15) is 0 Å². The van der Waals surface area contributed by atoms with Crippen LogP contribution in [0.25, 0.3) is 11.1 Å². The summed E-state index contributed by atoms with van der Waals surface area (Å²) in [6.07, 6.45) is 2.14. The minimum atomic E-state index is 1.05. The first-order chi connectivity index (χ1) is 9.79. The monoisotopic (exact) mass is 276 g/mol. The van der Waals surface area contributed by atoms with Crippen LogP contribution in [-0.4, -0.2) is 0 Å². The third-order valence-corrected chi connectivity index (χ3v) is 5.04. The summed E-state index contributed by atoms with van der Waals surface area (Å²) in [5.74, 6) is 0. The maximum Gasteiger partial charge on any atom is 0.00918 e. The SMILES string of the molecule is Cc1ccc(Cc2ccc3c(c2)-c2ccccc2C3)s1. The van der Waals surface area contributed by atoms with Crippen LogP contribution in [-0.2, 0) is 12.8 Å². The molecule has 0 atom stereocenters. The lowest BCUT2D eigenvalue weighted by Gasteiger charge is -2.05. The van der Waals surface area contributed by atoms with Crippen molar-refractivity contribution in [3.8, 4) is 11.1 Å². The zero-order valence-corrected chi connectivity index (χ0v) is 12.3. The van der Waals surface area contributed by atoms with E-state index in [2.05, 4.69) is 61.5 Å². The Morgan fingerprint density at radius 2 is 1.75 bits per heavy atom. The smallest absolute Gasteiger partial charge is 0.00918 e. The van der Waals surface area contributed by atoms with Crippen LogP contribution in [0.4, 0.5) is 0 Å². The van der Waals surface area contributed by atoms with E-state index in [0.717, 1.165) is 12.8 Å². The summed E-state index contributed by atoms with van der Waals surface area (Å²) >= 11 is 1.90. The summed E-state index contributed by atoms with van der Waals surface area (Å²) in [7, 11) is 0. The van der Waals surface area contributed by atoms with Gasteiger partial charge >= 0.3 is 0 Å². The standard InChI is InChI=1S/C19H16S/c1-13-6-9-17(20-13)10-14-7-8-16-12-15-4-2-3-5-18(15)19(16)11-14/h2-9,11H,10,12H2,1H3. The Kier molecular flexibility index (Phi) is 2.75. The number of rotatable bonds is 2. The Bertz CT molecular complexity index is 780. The molecule has 1 heteroatoms. The number of thiophene rings is 1. The summed E-state index contributed by atoms with van der Waals surface area (Å²) in [6, 6.07) is 20.2. The van der Waals surface area contributed by atoms with Crippen LogP contribution >= 0.6 is 11.3 Å². The molecule has 2 aromatic carbocycles. The highest BCUT2D eigenvalue weighted by Crippen LogP contribution is 2.37. The third-order valence-electron chi connectivity index (χ3n) is 4.04. The van der Waals surface area contributed by atoms with Crippen LogP contribution in [0.3, 0.4) is 0 Å². The molecule has 0 aliphatic heterocycles. The summed E-state index contributed by atoms with van der Waals surface area (Å²) in [4.78, 5) is 2.85. The minimum Gasteiger partial charge on any atom is -0.145 e. The first-order valence-corrected chi connectivity index (χ1v) is 7.87. The number of benzene rings is 2. The first-order valence-electron chi connectivity index (χ1n) is 7.05. The Balaban J connectivity index is 1.72. The second-order valence-electron chi connectivity index (χ2n) is 5.51. The molecule has 0 amide bonds. The highest BCUT2D eigenvalue weighted by Gasteiger charge is 2.17. The number of aryl methyl sites for hydroxylation is 1. The van der Waals surface area contributed by atoms with E-state index >= 15 is 0 Å². The van der Waals surface area contributed by atoms with Crippen LogP contribution in [0, 0.1) is 6.92 Å². The fourth-order valence-corrected chi connectivity index (χ4v) is 3.99. The second kappa shape index (κ2) is 4.60. The molecule has 0 saturated heterocycles. The van der Waals surface area contributed by atoms with Crippen LogP contribution < -0.4 is 0 Å². The maximum atomic E-state index is 2.39. The molecule has 1 aliphatic carbocycles. The van der Waals surface area contributed by atoms with Crippen molar-refractivity contribution in [1.29, 1.82) is 0 Å². The van der Waals surface area contributed by atoms with Gasteiger partial charge in [-0.3, -0.25) is 0 Å². The van der Waals surface area contributed by atoms with Crippen molar-refractivity contribution < 1.29 is 0 Å². The summed E-state index contributed by atoms with van der Waals surface area (Å²) in [6.45, 7) is 2.17. The van der Waals surface area contributed by atoms with Gasteiger partial charge in [0.1, 0.15) is 0 Å². The molecule has 98 valence electrons. The summed E-state index contributed by atoms with van der Waals surface area (Å²) in [5.41, 5.74) is 7.21. The lowest BCUT2D eigenvalue weighted by molar-refractivity contribution is 1.21. The highest BCUT2D eigenvalue weighted by atomic mass is 32.1. The zero-order valence-electron chi connectivity index (χ0n) is 11.5. The molecule has 3 aromatic rings. The van der Waals surface area contributed by atoms with Crippen molar-refractivity contribution in [2.24, 2.45) is 0 Å². The molecule has 1 aromatic heterocycles. The van der Waals surface area contributed by atoms with E-state index in [9.17, 15) is 0 Å². The number of fused-ring (bicyclic) bond motifs is 3. The quantitative estimate of drug-likeness (QED) is 0.471. The summed E-state index contributed by atoms with van der Waals surface area (Å²) < 4.78 is 0. The largest absolute Gasteiger partial charge is 0.145 e. The van der Waals surface area contributed by atoms with Crippen LogP contribution in [0.1, 0.15) is 26.4 Å². The van der Waals surface area contributed by atoms with Gasteiger partial charge in [-0.15, -0.1) is 11.3 Å². The van der Waals surface area contributed by atoms with Gasteiger partial charge in [-0.05, 0) is 53.3 Å². The van der Waals surface area contributed by atoms with Crippen molar-refractivity contribution in [2.75, 3.05) is 0 Å². The predicted molar refractivity (Wildman–Crippen MR) is 86.5 cm³/mol. The van der Waals surface area contributed by atoms with E-state index in [4.69, 9.17) is 0 Å². The van der Waals surface area contributed by atoms with Crippen LogP contribution in [0.5, 0.6) is 0 Å². The van der Waals surface area contributed by atoms with E-state index in [-0.39, 0.29) is 0 Å². The minimum absolute atomic E-state index is 1.05. The van der Waals surface area contributed by atoms with Gasteiger partial charge in [-0.25, -0.2) is 0 Å². The lowest BCUT2D eigenvalue weighted by atomic mass is 10.0. The average molecular weight is 276 g/mol. The van der Waals surface area contributed by atoms with Crippen molar-refractivity contribution in [3.05, 3.63) is 81.0 Å². The van der Waals surface area contributed by atoms with Gasteiger partial charge < -0.3 is 0 Å². The predicted octanol–water partition coefficient (Wildman–Crippen LogP) is 5.22. The van der Waals surface area contributed by atoms with Crippen LogP contribution in [0.15, 0.2) is 54.6 Å². The van der Waals surface area contributed by atoms with E-state index in [1.807, 2.05) is 11.3 Å². The van der Waals surface area contributed by atoms with Crippen molar-refractivity contribution in [1.82, 2.24) is 0 Å². The molecule has 0 bridgehead atoms. The fourth-order valence-electron chi connectivity index (χ4n) is 3.06. The van der Waals surface area contributed by atoms with E-state index in [0.29, 0.717) is 0 Å². The molecule has 0 saturated carbocycles. The highest BCUT2D eigenvalue weighted by molar-refractivity contribution is 7.11. The molecule has 0 N–H and O–H groups in total. The average Bonchev–Trinajstić information content (AvgIpc) is 3.02. The van der Waals surface area contributed by atoms with Gasteiger partial charge in [0.15, 0.2) is 0 Å². The van der Waals surface area contributed by atoms with Crippen molar-refractivity contribution >= 4 is 11.3 Å². The molecule has 0 spiro atoms. The lowest BCUT2D eigenvalue weighted by Crippen LogP contribution is -1.87. The Hall–Kier alpha value is -1.86.